The second kappa shape index (κ2) is 3.79. The van der Waals surface area contributed by atoms with Crippen LogP contribution in [0.1, 0.15) is 0 Å². The molecule has 1 atom stereocenters. The van der Waals surface area contributed by atoms with Crippen LogP contribution >= 0.6 is 15.9 Å². The zero-order valence-corrected chi connectivity index (χ0v) is 9.93. The molecule has 2 nitrogen and oxygen atoms in total. The lowest BCUT2D eigenvalue weighted by molar-refractivity contribution is 0.684. The van der Waals surface area contributed by atoms with Crippen molar-refractivity contribution in [3.63, 3.8) is 0 Å². The summed E-state index contributed by atoms with van der Waals surface area (Å²) in [6.45, 7) is 0. The minimum Gasteiger partial charge on any atom is -0.253 e. The summed E-state index contributed by atoms with van der Waals surface area (Å²) in [5, 5.41) is 1.67. The molecule has 0 spiro atoms. The molecule has 0 bridgehead atoms. The molecular formula is C10H8BrNOS. The van der Waals surface area contributed by atoms with Crippen LogP contribution in [0.15, 0.2) is 39.8 Å². The summed E-state index contributed by atoms with van der Waals surface area (Å²) in [5.41, 5.74) is 0.876. The third-order valence-corrected chi connectivity index (χ3v) is 3.23. The number of pyridine rings is 1. The fraction of sp³-hybridized carbons (Fsp3) is 0.100. The van der Waals surface area contributed by atoms with Gasteiger partial charge in [-0.1, -0.05) is 22.0 Å². The van der Waals surface area contributed by atoms with Crippen molar-refractivity contribution in [2.45, 2.75) is 5.03 Å². The maximum Gasteiger partial charge on any atom is 0.127 e. The van der Waals surface area contributed by atoms with Crippen LogP contribution < -0.4 is 0 Å². The molecule has 0 aliphatic rings. The van der Waals surface area contributed by atoms with Gasteiger partial charge in [0.05, 0.1) is 16.3 Å². The molecule has 2 aromatic rings. The predicted molar refractivity (Wildman–Crippen MR) is 61.8 cm³/mol. The first-order chi connectivity index (χ1) is 6.66. The van der Waals surface area contributed by atoms with E-state index in [2.05, 4.69) is 20.9 Å². The van der Waals surface area contributed by atoms with Gasteiger partial charge in [0.1, 0.15) is 5.03 Å². The fourth-order valence-corrected chi connectivity index (χ4v) is 2.10. The van der Waals surface area contributed by atoms with E-state index < -0.39 is 10.8 Å². The van der Waals surface area contributed by atoms with E-state index in [1.807, 2.05) is 24.3 Å². The van der Waals surface area contributed by atoms with E-state index >= 15 is 0 Å². The molecule has 0 aliphatic heterocycles. The Bertz CT molecular complexity index is 512. The zero-order chi connectivity index (χ0) is 10.1. The molecule has 1 aromatic heterocycles. The standard InChI is InChI=1S/C10H8BrNOS/c1-14(13)10-5-2-7-6-8(11)3-4-9(7)12-10/h2-6H,1H3. The van der Waals surface area contributed by atoms with Gasteiger partial charge in [-0.15, -0.1) is 0 Å². The van der Waals surface area contributed by atoms with Crippen LogP contribution in [0.3, 0.4) is 0 Å². The number of hydrogen-bond acceptors (Lipinski definition) is 2. The Kier molecular flexibility index (Phi) is 2.65. The van der Waals surface area contributed by atoms with E-state index in [0.29, 0.717) is 5.03 Å². The van der Waals surface area contributed by atoms with Crippen LogP contribution in [0.2, 0.25) is 0 Å². The van der Waals surface area contributed by atoms with Crippen LogP contribution in [0, 0.1) is 0 Å². The number of halogens is 1. The van der Waals surface area contributed by atoms with Crippen molar-refractivity contribution in [2.75, 3.05) is 6.26 Å². The normalized spacial score (nSPS) is 13.0. The minimum atomic E-state index is -1.01. The van der Waals surface area contributed by atoms with Gasteiger partial charge < -0.3 is 0 Å². The van der Waals surface area contributed by atoms with Crippen LogP contribution in [0.4, 0.5) is 0 Å². The molecule has 1 aromatic carbocycles. The van der Waals surface area contributed by atoms with Crippen molar-refractivity contribution in [2.24, 2.45) is 0 Å². The van der Waals surface area contributed by atoms with Crippen molar-refractivity contribution in [3.05, 3.63) is 34.8 Å². The summed E-state index contributed by atoms with van der Waals surface area (Å²) in [6, 6.07) is 9.56. The molecule has 0 radical (unpaired) electrons. The van der Waals surface area contributed by atoms with E-state index in [1.165, 1.54) is 0 Å². The van der Waals surface area contributed by atoms with Crippen LogP contribution in [-0.2, 0) is 10.8 Å². The Labute approximate surface area is 92.9 Å². The highest BCUT2D eigenvalue weighted by Gasteiger charge is 2.01. The van der Waals surface area contributed by atoms with Crippen LogP contribution in [0.5, 0.6) is 0 Å². The van der Waals surface area contributed by atoms with E-state index in [0.717, 1.165) is 15.4 Å². The maximum absolute atomic E-state index is 11.2. The van der Waals surface area contributed by atoms with Gasteiger partial charge in [-0.2, -0.15) is 0 Å². The molecule has 0 saturated heterocycles. The summed E-state index contributed by atoms with van der Waals surface area (Å²) in [5.74, 6) is 0. The molecular weight excluding hydrogens is 262 g/mol. The highest BCUT2D eigenvalue weighted by molar-refractivity contribution is 9.10. The Balaban J connectivity index is 2.67. The van der Waals surface area contributed by atoms with Crippen molar-refractivity contribution in [1.29, 1.82) is 0 Å². The number of fused-ring (bicyclic) bond motifs is 1. The van der Waals surface area contributed by atoms with E-state index in [1.54, 1.807) is 12.3 Å². The number of aromatic nitrogens is 1. The molecule has 0 aliphatic carbocycles. The van der Waals surface area contributed by atoms with Crippen molar-refractivity contribution >= 4 is 37.6 Å². The third kappa shape index (κ3) is 1.86. The molecule has 2 rings (SSSR count). The van der Waals surface area contributed by atoms with E-state index in [-0.39, 0.29) is 0 Å². The predicted octanol–water partition coefficient (Wildman–Crippen LogP) is 2.73. The van der Waals surface area contributed by atoms with E-state index in [4.69, 9.17) is 0 Å². The van der Waals surface area contributed by atoms with E-state index in [9.17, 15) is 4.21 Å². The first-order valence-electron chi connectivity index (χ1n) is 4.06. The summed E-state index contributed by atoms with van der Waals surface area (Å²) in [7, 11) is -1.01. The van der Waals surface area contributed by atoms with Crippen LogP contribution in [-0.4, -0.2) is 15.4 Å². The van der Waals surface area contributed by atoms with Crippen molar-refractivity contribution in [3.8, 4) is 0 Å². The number of rotatable bonds is 1. The Hall–Kier alpha value is -0.740. The molecule has 0 saturated carbocycles. The first-order valence-corrected chi connectivity index (χ1v) is 6.42. The average molecular weight is 270 g/mol. The third-order valence-electron chi connectivity index (χ3n) is 1.92. The van der Waals surface area contributed by atoms with Gasteiger partial charge >= 0.3 is 0 Å². The molecule has 0 N–H and O–H groups in total. The fourth-order valence-electron chi connectivity index (χ4n) is 1.24. The molecule has 4 heteroatoms. The summed E-state index contributed by atoms with van der Waals surface area (Å²) in [6.07, 6.45) is 1.63. The lowest BCUT2D eigenvalue weighted by Crippen LogP contribution is -1.91. The summed E-state index contributed by atoms with van der Waals surface area (Å²) < 4.78 is 12.2. The van der Waals surface area contributed by atoms with Gasteiger partial charge in [0.15, 0.2) is 0 Å². The molecule has 0 fully saturated rings. The van der Waals surface area contributed by atoms with Crippen LogP contribution in [0.25, 0.3) is 10.9 Å². The van der Waals surface area contributed by atoms with Crippen molar-refractivity contribution in [1.82, 2.24) is 4.98 Å². The number of benzene rings is 1. The molecule has 72 valence electrons. The Morgan fingerprint density at radius 2 is 2.07 bits per heavy atom. The zero-order valence-electron chi connectivity index (χ0n) is 7.53. The summed E-state index contributed by atoms with van der Waals surface area (Å²) in [4.78, 5) is 4.29. The van der Waals surface area contributed by atoms with Crippen molar-refractivity contribution < 1.29 is 4.21 Å². The first kappa shape index (κ1) is 9.80. The topological polar surface area (TPSA) is 30.0 Å². The highest BCUT2D eigenvalue weighted by Crippen LogP contribution is 2.19. The van der Waals surface area contributed by atoms with Gasteiger partial charge in [-0.3, -0.25) is 4.21 Å². The summed E-state index contributed by atoms with van der Waals surface area (Å²) >= 11 is 3.39. The lowest BCUT2D eigenvalue weighted by Gasteiger charge is -2.00. The molecule has 14 heavy (non-hydrogen) atoms. The monoisotopic (exact) mass is 269 g/mol. The maximum atomic E-state index is 11.2. The highest BCUT2D eigenvalue weighted by atomic mass is 79.9. The van der Waals surface area contributed by atoms with Gasteiger partial charge in [0.2, 0.25) is 0 Å². The molecule has 1 unspecified atom stereocenters. The molecule has 1 heterocycles. The lowest BCUT2D eigenvalue weighted by atomic mass is 10.2. The molecule has 0 amide bonds. The van der Waals surface area contributed by atoms with Gasteiger partial charge in [0, 0.05) is 16.1 Å². The van der Waals surface area contributed by atoms with Gasteiger partial charge in [0.25, 0.3) is 0 Å². The Morgan fingerprint density at radius 1 is 1.29 bits per heavy atom. The quantitative estimate of drug-likeness (QED) is 0.797. The smallest absolute Gasteiger partial charge is 0.127 e. The van der Waals surface area contributed by atoms with Gasteiger partial charge in [-0.05, 0) is 24.3 Å². The van der Waals surface area contributed by atoms with Gasteiger partial charge in [-0.25, -0.2) is 4.98 Å². The second-order valence-corrected chi connectivity index (χ2v) is 5.18. The SMILES string of the molecule is CS(=O)c1ccc2cc(Br)ccc2n1. The minimum absolute atomic E-state index is 0.625. The average Bonchev–Trinajstić information content (AvgIpc) is 2.16. The second-order valence-electron chi connectivity index (χ2n) is 2.94. The number of hydrogen-bond donors (Lipinski definition) is 0. The Morgan fingerprint density at radius 3 is 2.79 bits per heavy atom. The number of nitrogens with zero attached hydrogens (tertiary/aromatic N) is 1. The largest absolute Gasteiger partial charge is 0.253 e.